The highest BCUT2D eigenvalue weighted by Gasteiger charge is 2.30. The van der Waals surface area contributed by atoms with Crippen LogP contribution in [0.15, 0.2) is 0 Å². The molecule has 0 saturated carbocycles. The minimum atomic E-state index is 0. The van der Waals surface area contributed by atoms with E-state index in [-0.39, 0.29) is 23.7 Å². The zero-order chi connectivity index (χ0) is 13.7. The molecule has 0 aliphatic carbocycles. The van der Waals surface area contributed by atoms with Gasteiger partial charge in [-0.1, -0.05) is 20.8 Å². The van der Waals surface area contributed by atoms with Crippen molar-refractivity contribution in [1.29, 1.82) is 0 Å². The molecule has 1 aliphatic heterocycles. The third-order valence-electron chi connectivity index (χ3n) is 3.79. The van der Waals surface area contributed by atoms with E-state index in [2.05, 4.69) is 27.7 Å². The van der Waals surface area contributed by atoms with Crippen LogP contribution in [0.1, 0.15) is 40.5 Å². The summed E-state index contributed by atoms with van der Waals surface area (Å²) in [5, 5.41) is 0.127. The van der Waals surface area contributed by atoms with Gasteiger partial charge in [0, 0.05) is 19.1 Å². The fraction of sp³-hybridized carbons (Fsp3) is 0.929. The van der Waals surface area contributed by atoms with E-state index in [1.807, 2.05) is 4.90 Å². The summed E-state index contributed by atoms with van der Waals surface area (Å²) in [6, 6.07) is 0.258. The Morgan fingerprint density at radius 1 is 1.32 bits per heavy atom. The van der Waals surface area contributed by atoms with E-state index in [9.17, 15) is 4.79 Å². The average Bonchev–Trinajstić information content (AvgIpc) is 2.35. The van der Waals surface area contributed by atoms with Gasteiger partial charge in [0.2, 0.25) is 5.91 Å². The topological polar surface area (TPSA) is 46.3 Å². The maximum atomic E-state index is 12.5. The molecule has 114 valence electrons. The number of nitrogens with two attached hydrogens (primary N) is 1. The van der Waals surface area contributed by atoms with Gasteiger partial charge in [-0.05, 0) is 37.4 Å². The van der Waals surface area contributed by atoms with Gasteiger partial charge >= 0.3 is 0 Å². The van der Waals surface area contributed by atoms with Crippen molar-refractivity contribution in [2.24, 2.45) is 17.6 Å². The Morgan fingerprint density at radius 3 is 2.21 bits per heavy atom. The first-order chi connectivity index (χ1) is 8.47. The Kier molecular flexibility index (Phi) is 9.12. The normalized spacial score (nSPS) is 20.0. The molecular weight excluding hydrogens is 280 g/mol. The lowest BCUT2D eigenvalue weighted by atomic mass is 9.90. The first kappa shape index (κ1) is 19.1. The second kappa shape index (κ2) is 9.09. The number of nitrogens with zero attached hydrogens (tertiary/aromatic N) is 1. The van der Waals surface area contributed by atoms with Crippen LogP contribution in [-0.2, 0) is 4.79 Å². The molecule has 0 aromatic rings. The molecule has 1 fully saturated rings. The Balaban J connectivity index is 0.00000324. The molecule has 1 heterocycles. The van der Waals surface area contributed by atoms with Gasteiger partial charge in [-0.2, -0.15) is 0 Å². The number of thioether (sulfide) groups is 1. The second-order valence-corrected chi connectivity index (χ2v) is 7.06. The van der Waals surface area contributed by atoms with Crippen LogP contribution in [0, 0.1) is 11.8 Å². The molecule has 0 radical (unpaired) electrons. The molecule has 5 heteroatoms. The highest BCUT2D eigenvalue weighted by molar-refractivity contribution is 8.00. The number of amides is 1. The number of halogens is 1. The summed E-state index contributed by atoms with van der Waals surface area (Å²) in [6.07, 6.45) is 2.12. The van der Waals surface area contributed by atoms with Crippen LogP contribution >= 0.6 is 24.2 Å². The summed E-state index contributed by atoms with van der Waals surface area (Å²) in [7, 11) is 0. The minimum absolute atomic E-state index is 0. The third-order valence-corrected chi connectivity index (χ3v) is 5.23. The quantitative estimate of drug-likeness (QED) is 0.849. The lowest BCUT2D eigenvalue weighted by molar-refractivity contribution is -0.132. The Hall–Kier alpha value is 0.0700. The molecule has 0 aromatic carbocycles. The number of piperidine rings is 1. The molecule has 1 rings (SSSR count). The smallest absolute Gasteiger partial charge is 0.235 e. The van der Waals surface area contributed by atoms with Gasteiger partial charge in [0.1, 0.15) is 0 Å². The van der Waals surface area contributed by atoms with E-state index < -0.39 is 0 Å². The van der Waals surface area contributed by atoms with Gasteiger partial charge in [0.05, 0.1) is 5.25 Å². The van der Waals surface area contributed by atoms with Gasteiger partial charge < -0.3 is 10.6 Å². The molecule has 0 spiro atoms. The molecule has 19 heavy (non-hydrogen) atoms. The van der Waals surface area contributed by atoms with Gasteiger partial charge in [-0.25, -0.2) is 0 Å². The maximum Gasteiger partial charge on any atom is 0.235 e. The van der Waals surface area contributed by atoms with Gasteiger partial charge in [-0.15, -0.1) is 24.2 Å². The number of rotatable bonds is 5. The molecule has 1 saturated heterocycles. The summed E-state index contributed by atoms with van der Waals surface area (Å²) in [6.45, 7) is 10.2. The standard InChI is InChI=1S/C14H28N2OS.ClH/c1-5-18-13(10(2)3)14(17)16-8-6-12(7-9-16)11(4)15;/h10-13H,5-9,15H2,1-4H3;1H. The van der Waals surface area contributed by atoms with Gasteiger partial charge in [-0.3, -0.25) is 4.79 Å². The van der Waals surface area contributed by atoms with Crippen molar-refractivity contribution in [3.63, 3.8) is 0 Å². The average molecular weight is 309 g/mol. The highest BCUT2D eigenvalue weighted by atomic mass is 35.5. The fourth-order valence-electron chi connectivity index (χ4n) is 2.55. The van der Waals surface area contributed by atoms with Crippen molar-refractivity contribution in [3.8, 4) is 0 Å². The molecule has 0 bridgehead atoms. The van der Waals surface area contributed by atoms with E-state index in [0.717, 1.165) is 31.7 Å². The van der Waals surface area contributed by atoms with Crippen LogP contribution in [0.5, 0.6) is 0 Å². The van der Waals surface area contributed by atoms with E-state index in [4.69, 9.17) is 5.73 Å². The number of hydrogen-bond donors (Lipinski definition) is 1. The largest absolute Gasteiger partial charge is 0.342 e. The summed E-state index contributed by atoms with van der Waals surface area (Å²) in [5.41, 5.74) is 5.94. The van der Waals surface area contributed by atoms with Crippen LogP contribution < -0.4 is 5.73 Å². The number of likely N-dealkylation sites (tertiary alicyclic amines) is 1. The SMILES string of the molecule is CCSC(C(=O)N1CCC(C(C)N)CC1)C(C)C.Cl. The lowest BCUT2D eigenvalue weighted by Crippen LogP contribution is -2.46. The lowest BCUT2D eigenvalue weighted by Gasteiger charge is -2.36. The molecule has 1 aliphatic rings. The minimum Gasteiger partial charge on any atom is -0.342 e. The first-order valence-electron chi connectivity index (χ1n) is 7.13. The zero-order valence-corrected chi connectivity index (χ0v) is 14.2. The first-order valence-corrected chi connectivity index (χ1v) is 8.18. The zero-order valence-electron chi connectivity index (χ0n) is 12.6. The van der Waals surface area contributed by atoms with Crippen LogP contribution in [0.4, 0.5) is 0 Å². The van der Waals surface area contributed by atoms with Crippen molar-refractivity contribution >= 4 is 30.1 Å². The summed E-state index contributed by atoms with van der Waals surface area (Å²) in [4.78, 5) is 14.5. The Morgan fingerprint density at radius 2 is 1.84 bits per heavy atom. The highest BCUT2D eigenvalue weighted by Crippen LogP contribution is 2.25. The van der Waals surface area contributed by atoms with Crippen molar-refractivity contribution in [2.45, 2.75) is 51.8 Å². The predicted octanol–water partition coefficient (Wildman–Crippen LogP) is 2.77. The number of hydrogen-bond acceptors (Lipinski definition) is 3. The number of carbonyl (C=O) groups excluding carboxylic acids is 1. The van der Waals surface area contributed by atoms with E-state index >= 15 is 0 Å². The van der Waals surface area contributed by atoms with Crippen LogP contribution in [0.25, 0.3) is 0 Å². The van der Waals surface area contributed by atoms with Crippen LogP contribution in [-0.4, -0.2) is 40.9 Å². The summed E-state index contributed by atoms with van der Waals surface area (Å²) < 4.78 is 0. The molecular formula is C14H29ClN2OS. The molecule has 3 nitrogen and oxygen atoms in total. The van der Waals surface area contributed by atoms with Gasteiger partial charge in [0.25, 0.3) is 0 Å². The molecule has 2 unspecified atom stereocenters. The predicted molar refractivity (Wildman–Crippen MR) is 87.0 cm³/mol. The summed E-state index contributed by atoms with van der Waals surface area (Å²) in [5.74, 6) is 2.34. The number of carbonyl (C=O) groups is 1. The maximum absolute atomic E-state index is 12.5. The summed E-state index contributed by atoms with van der Waals surface area (Å²) >= 11 is 1.78. The molecule has 1 amide bonds. The monoisotopic (exact) mass is 308 g/mol. The van der Waals surface area contributed by atoms with Crippen molar-refractivity contribution in [2.75, 3.05) is 18.8 Å². The van der Waals surface area contributed by atoms with Crippen molar-refractivity contribution in [3.05, 3.63) is 0 Å². The van der Waals surface area contributed by atoms with E-state index in [1.54, 1.807) is 11.8 Å². The van der Waals surface area contributed by atoms with E-state index in [0.29, 0.717) is 17.7 Å². The van der Waals surface area contributed by atoms with Crippen molar-refractivity contribution < 1.29 is 4.79 Å². The molecule has 2 N–H and O–H groups in total. The van der Waals surface area contributed by atoms with Crippen LogP contribution in [0.3, 0.4) is 0 Å². The Bertz CT molecular complexity index is 266. The Labute approximate surface area is 128 Å². The van der Waals surface area contributed by atoms with Crippen molar-refractivity contribution in [1.82, 2.24) is 4.90 Å². The van der Waals surface area contributed by atoms with Gasteiger partial charge in [0.15, 0.2) is 0 Å². The second-order valence-electron chi connectivity index (χ2n) is 5.64. The fourth-order valence-corrected chi connectivity index (χ4v) is 3.59. The van der Waals surface area contributed by atoms with E-state index in [1.165, 1.54) is 0 Å². The van der Waals surface area contributed by atoms with Crippen LogP contribution in [0.2, 0.25) is 0 Å². The molecule has 0 aromatic heterocycles. The molecule has 2 atom stereocenters. The third kappa shape index (κ3) is 5.52.